The van der Waals surface area contributed by atoms with Crippen molar-refractivity contribution in [2.45, 2.75) is 26.5 Å². The Bertz CT molecular complexity index is 781. The number of aliphatic imine (C=N–C) groups is 1. The Balaban J connectivity index is 1.85. The molecule has 0 atom stereocenters. The zero-order valence-electron chi connectivity index (χ0n) is 16.5. The van der Waals surface area contributed by atoms with E-state index in [1.807, 2.05) is 18.7 Å². The molecule has 1 aromatic rings. The number of ether oxygens (including phenoxy) is 1. The third-order valence-electron chi connectivity index (χ3n) is 4.37. The SMILES string of the molecule is CN=C(NCc1ccc(F)c(Cl)c1)N1CCN(S(=O)(=O)CCOC(C)C)CC1. The molecule has 0 aliphatic carbocycles. The van der Waals surface area contributed by atoms with E-state index >= 15 is 0 Å². The van der Waals surface area contributed by atoms with Crippen LogP contribution in [0.2, 0.25) is 5.02 Å². The van der Waals surface area contributed by atoms with Gasteiger partial charge in [-0.3, -0.25) is 4.99 Å². The second kappa shape index (κ2) is 10.4. The lowest BCUT2D eigenvalue weighted by Crippen LogP contribution is -2.54. The molecule has 0 bridgehead atoms. The number of hydrogen-bond donors (Lipinski definition) is 1. The fourth-order valence-corrected chi connectivity index (χ4v) is 4.35. The largest absolute Gasteiger partial charge is 0.378 e. The average Bonchev–Trinajstić information content (AvgIpc) is 2.65. The number of piperazine rings is 1. The number of sulfonamides is 1. The number of benzene rings is 1. The second-order valence-electron chi connectivity index (χ2n) is 6.77. The van der Waals surface area contributed by atoms with E-state index in [-0.39, 0.29) is 23.5 Å². The van der Waals surface area contributed by atoms with Crippen LogP contribution in [0.1, 0.15) is 19.4 Å². The number of nitrogens with zero attached hydrogens (tertiary/aromatic N) is 3. The van der Waals surface area contributed by atoms with E-state index < -0.39 is 15.8 Å². The molecule has 0 spiro atoms. The van der Waals surface area contributed by atoms with Gasteiger partial charge in [-0.1, -0.05) is 17.7 Å². The lowest BCUT2D eigenvalue weighted by molar-refractivity contribution is 0.0904. The summed E-state index contributed by atoms with van der Waals surface area (Å²) < 4.78 is 45.0. The van der Waals surface area contributed by atoms with Gasteiger partial charge in [-0.05, 0) is 31.5 Å². The normalized spacial score (nSPS) is 16.6. The zero-order chi connectivity index (χ0) is 20.7. The third-order valence-corrected chi connectivity index (χ3v) is 6.49. The molecule has 1 heterocycles. The molecule has 1 aliphatic rings. The predicted molar refractivity (Wildman–Crippen MR) is 110 cm³/mol. The maximum absolute atomic E-state index is 13.3. The van der Waals surface area contributed by atoms with Crippen LogP contribution in [0, 0.1) is 5.82 Å². The maximum atomic E-state index is 13.3. The Morgan fingerprint density at radius 2 is 2.00 bits per heavy atom. The Hall–Kier alpha value is -1.42. The summed E-state index contributed by atoms with van der Waals surface area (Å²) in [7, 11) is -1.65. The van der Waals surface area contributed by atoms with Crippen LogP contribution in [0.25, 0.3) is 0 Å². The van der Waals surface area contributed by atoms with Gasteiger partial charge in [0, 0.05) is 39.8 Å². The van der Waals surface area contributed by atoms with Crippen molar-refractivity contribution >= 4 is 27.6 Å². The summed E-state index contributed by atoms with van der Waals surface area (Å²) in [5.41, 5.74) is 0.832. The molecule has 0 amide bonds. The van der Waals surface area contributed by atoms with Crippen LogP contribution in [0.15, 0.2) is 23.2 Å². The highest BCUT2D eigenvalue weighted by Gasteiger charge is 2.28. The molecule has 0 radical (unpaired) electrons. The molecule has 1 N–H and O–H groups in total. The summed E-state index contributed by atoms with van der Waals surface area (Å²) in [4.78, 5) is 6.26. The molecule has 0 aromatic heterocycles. The number of halogens is 2. The van der Waals surface area contributed by atoms with Crippen molar-refractivity contribution < 1.29 is 17.5 Å². The van der Waals surface area contributed by atoms with Crippen LogP contribution in [0.5, 0.6) is 0 Å². The molecule has 28 heavy (non-hydrogen) atoms. The van der Waals surface area contributed by atoms with Gasteiger partial charge in [0.2, 0.25) is 10.0 Å². The minimum absolute atomic E-state index is 0.0104. The van der Waals surface area contributed by atoms with Gasteiger partial charge in [0.1, 0.15) is 5.82 Å². The smallest absolute Gasteiger partial charge is 0.216 e. The summed E-state index contributed by atoms with van der Waals surface area (Å²) in [6.07, 6.45) is 0.0115. The molecule has 1 aromatic carbocycles. The van der Waals surface area contributed by atoms with E-state index in [9.17, 15) is 12.8 Å². The van der Waals surface area contributed by atoms with Gasteiger partial charge in [0.15, 0.2) is 5.96 Å². The van der Waals surface area contributed by atoms with Gasteiger partial charge in [0.25, 0.3) is 0 Å². The van der Waals surface area contributed by atoms with Crippen LogP contribution in [0.4, 0.5) is 4.39 Å². The first-order chi connectivity index (χ1) is 13.2. The van der Waals surface area contributed by atoms with Gasteiger partial charge in [-0.2, -0.15) is 4.31 Å². The summed E-state index contributed by atoms with van der Waals surface area (Å²) in [6.45, 7) is 6.26. The van der Waals surface area contributed by atoms with Crippen LogP contribution in [-0.4, -0.2) is 75.3 Å². The second-order valence-corrected chi connectivity index (χ2v) is 9.27. The fraction of sp³-hybridized carbons (Fsp3) is 0.611. The Labute approximate surface area is 171 Å². The summed E-state index contributed by atoms with van der Waals surface area (Å²) in [5.74, 6) is 0.204. The van der Waals surface area contributed by atoms with Crippen LogP contribution in [0.3, 0.4) is 0 Å². The van der Waals surface area contributed by atoms with Crippen molar-refractivity contribution in [2.24, 2.45) is 4.99 Å². The maximum Gasteiger partial charge on any atom is 0.216 e. The first-order valence-corrected chi connectivity index (χ1v) is 11.2. The van der Waals surface area contributed by atoms with E-state index in [0.29, 0.717) is 38.7 Å². The molecular weight excluding hydrogens is 407 g/mol. The summed E-state index contributed by atoms with van der Waals surface area (Å²) in [6, 6.07) is 4.56. The molecule has 0 saturated carbocycles. The Morgan fingerprint density at radius 1 is 1.32 bits per heavy atom. The van der Waals surface area contributed by atoms with Crippen molar-refractivity contribution in [2.75, 3.05) is 45.6 Å². The Kier molecular flexibility index (Phi) is 8.48. The topological polar surface area (TPSA) is 74.2 Å². The average molecular weight is 435 g/mol. The van der Waals surface area contributed by atoms with E-state index in [1.54, 1.807) is 19.2 Å². The van der Waals surface area contributed by atoms with E-state index in [0.717, 1.165) is 5.56 Å². The van der Waals surface area contributed by atoms with Crippen molar-refractivity contribution in [3.63, 3.8) is 0 Å². The van der Waals surface area contributed by atoms with E-state index in [1.165, 1.54) is 10.4 Å². The van der Waals surface area contributed by atoms with Crippen LogP contribution < -0.4 is 5.32 Å². The monoisotopic (exact) mass is 434 g/mol. The van der Waals surface area contributed by atoms with E-state index in [4.69, 9.17) is 16.3 Å². The predicted octanol–water partition coefficient (Wildman–Crippen LogP) is 1.93. The standard InChI is InChI=1S/C18H28ClFN4O3S/c1-14(2)27-10-11-28(25,26)24-8-6-23(7-9-24)18(21-3)22-13-15-4-5-17(20)16(19)12-15/h4-5,12,14H,6-11,13H2,1-3H3,(H,21,22). The van der Waals surface area contributed by atoms with Crippen molar-refractivity contribution in [3.8, 4) is 0 Å². The molecule has 1 fully saturated rings. The van der Waals surface area contributed by atoms with Crippen molar-refractivity contribution in [1.29, 1.82) is 0 Å². The molecular formula is C18H28ClFN4O3S. The number of rotatable bonds is 7. The van der Waals surface area contributed by atoms with Gasteiger partial charge in [0.05, 0.1) is 23.5 Å². The molecule has 7 nitrogen and oxygen atoms in total. The number of guanidine groups is 1. The molecule has 10 heteroatoms. The lowest BCUT2D eigenvalue weighted by Gasteiger charge is -2.35. The molecule has 1 aliphatic heterocycles. The highest BCUT2D eigenvalue weighted by atomic mass is 35.5. The van der Waals surface area contributed by atoms with Crippen LogP contribution in [-0.2, 0) is 21.3 Å². The first-order valence-electron chi connectivity index (χ1n) is 9.22. The van der Waals surface area contributed by atoms with Gasteiger partial charge >= 0.3 is 0 Å². The molecule has 2 rings (SSSR count). The number of nitrogens with one attached hydrogen (secondary N) is 1. The van der Waals surface area contributed by atoms with Gasteiger partial charge < -0.3 is 15.0 Å². The van der Waals surface area contributed by atoms with Gasteiger partial charge in [-0.15, -0.1) is 0 Å². The lowest BCUT2D eigenvalue weighted by atomic mass is 10.2. The minimum Gasteiger partial charge on any atom is -0.378 e. The van der Waals surface area contributed by atoms with Crippen molar-refractivity contribution in [1.82, 2.24) is 14.5 Å². The molecule has 158 valence electrons. The van der Waals surface area contributed by atoms with Crippen molar-refractivity contribution in [3.05, 3.63) is 34.6 Å². The Morgan fingerprint density at radius 3 is 2.57 bits per heavy atom. The highest BCUT2D eigenvalue weighted by Crippen LogP contribution is 2.16. The fourth-order valence-electron chi connectivity index (χ4n) is 2.86. The summed E-state index contributed by atoms with van der Waals surface area (Å²) in [5, 5.41) is 3.29. The molecule has 0 unspecified atom stereocenters. The van der Waals surface area contributed by atoms with Crippen LogP contribution >= 0.6 is 11.6 Å². The third kappa shape index (κ3) is 6.58. The quantitative estimate of drug-likeness (QED) is 0.524. The number of hydrogen-bond acceptors (Lipinski definition) is 4. The summed E-state index contributed by atoms with van der Waals surface area (Å²) >= 11 is 5.81. The van der Waals surface area contributed by atoms with E-state index in [2.05, 4.69) is 10.3 Å². The first kappa shape index (κ1) is 22.9. The zero-order valence-corrected chi connectivity index (χ0v) is 18.1. The molecule has 1 saturated heterocycles. The minimum atomic E-state index is -3.33. The van der Waals surface area contributed by atoms with Gasteiger partial charge in [-0.25, -0.2) is 12.8 Å². The highest BCUT2D eigenvalue weighted by molar-refractivity contribution is 7.89.